The standard InChI is InChI=1S/C13H17F2N/c14-11-5-6-12(13(15)7-11)10-3-1-9(8-16)2-4-10/h5-7,9-10H,1-4,8,16H2. The van der Waals surface area contributed by atoms with Crippen LogP contribution >= 0.6 is 0 Å². The van der Waals surface area contributed by atoms with Gasteiger partial charge in [0.05, 0.1) is 0 Å². The predicted molar refractivity (Wildman–Crippen MR) is 60.1 cm³/mol. The summed E-state index contributed by atoms with van der Waals surface area (Å²) in [5.74, 6) is -0.0868. The minimum Gasteiger partial charge on any atom is -0.330 e. The molecule has 0 amide bonds. The van der Waals surface area contributed by atoms with Crippen LogP contribution in [0.1, 0.15) is 37.2 Å². The lowest BCUT2D eigenvalue weighted by atomic mass is 9.78. The molecule has 0 heterocycles. The fourth-order valence-corrected chi connectivity index (χ4v) is 2.54. The van der Waals surface area contributed by atoms with Gasteiger partial charge in [0.15, 0.2) is 0 Å². The molecule has 2 N–H and O–H groups in total. The van der Waals surface area contributed by atoms with Crippen LogP contribution in [0.5, 0.6) is 0 Å². The van der Waals surface area contributed by atoms with Crippen LogP contribution in [0.25, 0.3) is 0 Å². The maximum Gasteiger partial charge on any atom is 0.129 e. The fraction of sp³-hybridized carbons (Fsp3) is 0.538. The first-order valence-electron chi connectivity index (χ1n) is 5.85. The molecule has 1 fully saturated rings. The Hall–Kier alpha value is -0.960. The molecule has 1 aromatic rings. The highest BCUT2D eigenvalue weighted by molar-refractivity contribution is 5.23. The lowest BCUT2D eigenvalue weighted by Gasteiger charge is -2.28. The summed E-state index contributed by atoms with van der Waals surface area (Å²) in [5.41, 5.74) is 6.28. The SMILES string of the molecule is NCC1CCC(c2ccc(F)cc2F)CC1. The summed E-state index contributed by atoms with van der Waals surface area (Å²) in [6.45, 7) is 0.721. The van der Waals surface area contributed by atoms with Crippen LogP contribution in [0.3, 0.4) is 0 Å². The Morgan fingerprint density at radius 2 is 1.81 bits per heavy atom. The number of hydrogen-bond acceptors (Lipinski definition) is 1. The Labute approximate surface area is 94.7 Å². The van der Waals surface area contributed by atoms with E-state index in [1.165, 1.54) is 6.07 Å². The monoisotopic (exact) mass is 225 g/mol. The van der Waals surface area contributed by atoms with Gasteiger partial charge >= 0.3 is 0 Å². The fourth-order valence-electron chi connectivity index (χ4n) is 2.54. The summed E-state index contributed by atoms with van der Waals surface area (Å²) in [4.78, 5) is 0. The minimum atomic E-state index is -0.503. The second-order valence-corrected chi connectivity index (χ2v) is 4.62. The molecule has 88 valence electrons. The molecule has 1 saturated carbocycles. The molecule has 0 aliphatic heterocycles. The first kappa shape index (κ1) is 11.5. The lowest BCUT2D eigenvalue weighted by Crippen LogP contribution is -2.21. The molecule has 1 nitrogen and oxygen atoms in total. The molecule has 1 aromatic carbocycles. The maximum atomic E-state index is 13.5. The number of nitrogens with two attached hydrogens (primary N) is 1. The third-order valence-electron chi connectivity index (χ3n) is 3.58. The maximum absolute atomic E-state index is 13.5. The number of benzene rings is 1. The van der Waals surface area contributed by atoms with E-state index in [9.17, 15) is 8.78 Å². The molecule has 0 bridgehead atoms. The van der Waals surface area contributed by atoms with E-state index in [0.717, 1.165) is 38.3 Å². The third-order valence-corrected chi connectivity index (χ3v) is 3.58. The highest BCUT2D eigenvalue weighted by Gasteiger charge is 2.23. The van der Waals surface area contributed by atoms with Crippen molar-refractivity contribution in [1.29, 1.82) is 0 Å². The van der Waals surface area contributed by atoms with E-state index in [0.29, 0.717) is 11.5 Å². The summed E-state index contributed by atoms with van der Waals surface area (Å²) < 4.78 is 26.3. The summed E-state index contributed by atoms with van der Waals surface area (Å²) in [5, 5.41) is 0. The van der Waals surface area contributed by atoms with Gasteiger partial charge in [-0.25, -0.2) is 8.78 Å². The van der Waals surface area contributed by atoms with Crippen molar-refractivity contribution in [2.24, 2.45) is 11.7 Å². The van der Waals surface area contributed by atoms with Crippen molar-refractivity contribution in [2.75, 3.05) is 6.54 Å². The first-order valence-corrected chi connectivity index (χ1v) is 5.85. The molecule has 0 unspecified atom stereocenters. The molecular weight excluding hydrogens is 208 g/mol. The largest absolute Gasteiger partial charge is 0.330 e. The van der Waals surface area contributed by atoms with E-state index in [4.69, 9.17) is 5.73 Å². The Kier molecular flexibility index (Phi) is 3.54. The quantitative estimate of drug-likeness (QED) is 0.821. The molecule has 2 rings (SSSR count). The topological polar surface area (TPSA) is 26.0 Å². The van der Waals surface area contributed by atoms with Crippen LogP contribution in [0.4, 0.5) is 8.78 Å². The van der Waals surface area contributed by atoms with Crippen LogP contribution < -0.4 is 5.73 Å². The summed E-state index contributed by atoms with van der Waals surface area (Å²) in [6.07, 6.45) is 4.03. The Morgan fingerprint density at radius 1 is 1.12 bits per heavy atom. The molecule has 0 atom stereocenters. The molecule has 0 spiro atoms. The van der Waals surface area contributed by atoms with E-state index in [1.54, 1.807) is 6.07 Å². The smallest absolute Gasteiger partial charge is 0.129 e. The zero-order valence-electron chi connectivity index (χ0n) is 9.26. The second-order valence-electron chi connectivity index (χ2n) is 4.62. The van der Waals surface area contributed by atoms with Gasteiger partial charge in [-0.2, -0.15) is 0 Å². The lowest BCUT2D eigenvalue weighted by molar-refractivity contribution is 0.327. The molecule has 0 saturated heterocycles. The Morgan fingerprint density at radius 3 is 2.38 bits per heavy atom. The van der Waals surface area contributed by atoms with Crippen LogP contribution in [0.2, 0.25) is 0 Å². The zero-order valence-corrected chi connectivity index (χ0v) is 9.26. The van der Waals surface area contributed by atoms with E-state index in [1.807, 2.05) is 0 Å². The van der Waals surface area contributed by atoms with Crippen molar-refractivity contribution >= 4 is 0 Å². The Balaban J connectivity index is 2.08. The van der Waals surface area contributed by atoms with Crippen molar-refractivity contribution < 1.29 is 8.78 Å². The molecule has 1 aliphatic rings. The summed E-state index contributed by atoms with van der Waals surface area (Å²) in [6, 6.07) is 3.90. The van der Waals surface area contributed by atoms with Crippen LogP contribution in [0, 0.1) is 17.6 Å². The van der Waals surface area contributed by atoms with Gasteiger partial charge in [0.2, 0.25) is 0 Å². The molecule has 0 aromatic heterocycles. The van der Waals surface area contributed by atoms with E-state index in [-0.39, 0.29) is 5.92 Å². The van der Waals surface area contributed by atoms with Gasteiger partial charge < -0.3 is 5.73 Å². The normalized spacial score (nSPS) is 25.7. The molecule has 16 heavy (non-hydrogen) atoms. The van der Waals surface area contributed by atoms with Gasteiger partial charge in [0.1, 0.15) is 11.6 Å². The highest BCUT2D eigenvalue weighted by Crippen LogP contribution is 2.36. The zero-order chi connectivity index (χ0) is 11.5. The van der Waals surface area contributed by atoms with Gasteiger partial charge in [-0.3, -0.25) is 0 Å². The second kappa shape index (κ2) is 4.91. The van der Waals surface area contributed by atoms with Crippen molar-refractivity contribution in [1.82, 2.24) is 0 Å². The summed E-state index contributed by atoms with van der Waals surface area (Å²) in [7, 11) is 0. The van der Waals surface area contributed by atoms with Gasteiger partial charge in [-0.05, 0) is 55.7 Å². The van der Waals surface area contributed by atoms with Crippen molar-refractivity contribution in [2.45, 2.75) is 31.6 Å². The van der Waals surface area contributed by atoms with Crippen molar-refractivity contribution in [3.8, 4) is 0 Å². The molecule has 3 heteroatoms. The number of rotatable bonds is 2. The average Bonchev–Trinajstić information content (AvgIpc) is 2.29. The molecule has 1 aliphatic carbocycles. The molecular formula is C13H17F2N. The van der Waals surface area contributed by atoms with E-state index < -0.39 is 11.6 Å². The van der Waals surface area contributed by atoms with E-state index in [2.05, 4.69) is 0 Å². The van der Waals surface area contributed by atoms with Gasteiger partial charge in [-0.1, -0.05) is 6.07 Å². The van der Waals surface area contributed by atoms with Crippen LogP contribution in [-0.2, 0) is 0 Å². The van der Waals surface area contributed by atoms with Crippen molar-refractivity contribution in [3.05, 3.63) is 35.4 Å². The average molecular weight is 225 g/mol. The van der Waals surface area contributed by atoms with Gasteiger partial charge in [0.25, 0.3) is 0 Å². The van der Waals surface area contributed by atoms with Crippen LogP contribution in [-0.4, -0.2) is 6.54 Å². The number of hydrogen-bond donors (Lipinski definition) is 1. The van der Waals surface area contributed by atoms with E-state index >= 15 is 0 Å². The predicted octanol–water partition coefficient (Wildman–Crippen LogP) is 3.20. The highest BCUT2D eigenvalue weighted by atomic mass is 19.1. The number of halogens is 2. The summed E-state index contributed by atoms with van der Waals surface area (Å²) >= 11 is 0. The van der Waals surface area contributed by atoms with Crippen LogP contribution in [0.15, 0.2) is 18.2 Å². The first-order chi connectivity index (χ1) is 7.70. The van der Waals surface area contributed by atoms with Gasteiger partial charge in [0, 0.05) is 6.07 Å². The van der Waals surface area contributed by atoms with Crippen molar-refractivity contribution in [3.63, 3.8) is 0 Å². The third kappa shape index (κ3) is 2.40. The molecule has 0 radical (unpaired) electrons. The Bertz CT molecular complexity index is 357. The minimum absolute atomic E-state index is 0.239. The van der Waals surface area contributed by atoms with Gasteiger partial charge in [-0.15, -0.1) is 0 Å².